The van der Waals surface area contributed by atoms with Crippen molar-refractivity contribution in [1.82, 2.24) is 0 Å². The van der Waals surface area contributed by atoms with E-state index in [2.05, 4.69) is 0 Å². The van der Waals surface area contributed by atoms with Crippen LogP contribution in [0.2, 0.25) is 0 Å². The van der Waals surface area contributed by atoms with Gasteiger partial charge in [0.2, 0.25) is 0 Å². The van der Waals surface area contributed by atoms with Crippen LogP contribution in [0, 0.1) is 0 Å². The number of carbonyl (C=O) groups excluding carboxylic acids is 3. The monoisotopic (exact) mass is 334 g/mol. The van der Waals surface area contributed by atoms with Crippen molar-refractivity contribution in [3.8, 4) is 0 Å². The van der Waals surface area contributed by atoms with Gasteiger partial charge in [-0.05, 0) is 0 Å². The van der Waals surface area contributed by atoms with Gasteiger partial charge >= 0.3 is 17.9 Å². The van der Waals surface area contributed by atoms with Crippen LogP contribution in [0.3, 0.4) is 0 Å². The van der Waals surface area contributed by atoms with E-state index in [0.717, 1.165) is 0 Å². The van der Waals surface area contributed by atoms with Gasteiger partial charge in [-0.2, -0.15) is 0 Å². The topological polar surface area (TPSA) is 107 Å². The van der Waals surface area contributed by atoms with Crippen molar-refractivity contribution in [3.63, 3.8) is 0 Å². The van der Waals surface area contributed by atoms with E-state index in [0.29, 0.717) is 0 Å². The van der Waals surface area contributed by atoms with Gasteiger partial charge in [-0.15, -0.1) is 0 Å². The molecule has 1 rings (SSSR count). The van der Waals surface area contributed by atoms with Crippen LogP contribution < -0.4 is 0 Å². The molecule has 0 aromatic rings. The molecular formula is C14H22O9. The van der Waals surface area contributed by atoms with Gasteiger partial charge in [0.1, 0.15) is 18.8 Å². The van der Waals surface area contributed by atoms with Crippen LogP contribution in [0.15, 0.2) is 0 Å². The first-order chi connectivity index (χ1) is 10.7. The molecule has 0 amide bonds. The highest BCUT2D eigenvalue weighted by Crippen LogP contribution is 2.34. The smallest absolute Gasteiger partial charge is 0.303 e. The van der Waals surface area contributed by atoms with Gasteiger partial charge in [-0.3, -0.25) is 14.4 Å². The van der Waals surface area contributed by atoms with E-state index in [9.17, 15) is 14.4 Å². The summed E-state index contributed by atoms with van der Waals surface area (Å²) >= 11 is 0. The second-order valence-electron chi connectivity index (χ2n) is 4.98. The van der Waals surface area contributed by atoms with E-state index in [4.69, 9.17) is 28.4 Å². The molecule has 9 heteroatoms. The highest BCUT2D eigenvalue weighted by atomic mass is 16.9. The summed E-state index contributed by atoms with van der Waals surface area (Å²) in [5, 5.41) is 0. The standard InChI is InChI=1S/C14H22O9/c1-8(15)20-7-12-13(22-10(3)17)11(21-9(2)16)6-14(18-4,19-5)23-12/h11-13H,6-7H2,1-5H3/t11-,12-,13+/m1/s1. The number of ether oxygens (including phenoxy) is 6. The number of hydrogen-bond donors (Lipinski definition) is 0. The molecule has 0 spiro atoms. The van der Waals surface area contributed by atoms with Gasteiger partial charge < -0.3 is 28.4 Å². The van der Waals surface area contributed by atoms with Crippen molar-refractivity contribution in [2.45, 2.75) is 51.5 Å². The van der Waals surface area contributed by atoms with E-state index in [1.807, 2.05) is 0 Å². The Hall–Kier alpha value is -1.71. The van der Waals surface area contributed by atoms with Gasteiger partial charge in [0.25, 0.3) is 5.97 Å². The van der Waals surface area contributed by atoms with Gasteiger partial charge in [0.05, 0.1) is 6.42 Å². The van der Waals surface area contributed by atoms with E-state index >= 15 is 0 Å². The maximum atomic E-state index is 11.3. The first kappa shape index (κ1) is 19.3. The predicted molar refractivity (Wildman–Crippen MR) is 74.0 cm³/mol. The summed E-state index contributed by atoms with van der Waals surface area (Å²) in [5.41, 5.74) is 0. The largest absolute Gasteiger partial charge is 0.463 e. The molecular weight excluding hydrogens is 312 g/mol. The van der Waals surface area contributed by atoms with Gasteiger partial charge in [0, 0.05) is 35.0 Å². The number of methoxy groups -OCH3 is 2. The third-order valence-electron chi connectivity index (χ3n) is 3.21. The molecule has 0 saturated carbocycles. The maximum Gasteiger partial charge on any atom is 0.303 e. The Morgan fingerprint density at radius 2 is 1.57 bits per heavy atom. The number of hydrogen-bond acceptors (Lipinski definition) is 9. The van der Waals surface area contributed by atoms with Crippen LogP contribution in [0.1, 0.15) is 27.2 Å². The lowest BCUT2D eigenvalue weighted by atomic mass is 9.99. The van der Waals surface area contributed by atoms with E-state index < -0.39 is 42.2 Å². The fraction of sp³-hybridized carbons (Fsp3) is 0.786. The highest BCUT2D eigenvalue weighted by Gasteiger charge is 2.52. The minimum atomic E-state index is -1.51. The Morgan fingerprint density at radius 1 is 1.00 bits per heavy atom. The zero-order valence-electron chi connectivity index (χ0n) is 13.8. The maximum absolute atomic E-state index is 11.3. The van der Waals surface area contributed by atoms with Crippen LogP contribution in [0.5, 0.6) is 0 Å². The normalized spacial score (nSPS) is 26.2. The van der Waals surface area contributed by atoms with Gasteiger partial charge in [-0.25, -0.2) is 0 Å². The quantitative estimate of drug-likeness (QED) is 0.381. The first-order valence-corrected chi connectivity index (χ1v) is 6.99. The Morgan fingerprint density at radius 3 is 2.00 bits per heavy atom. The second-order valence-corrected chi connectivity index (χ2v) is 4.98. The first-order valence-electron chi connectivity index (χ1n) is 6.99. The van der Waals surface area contributed by atoms with Crippen molar-refractivity contribution >= 4 is 17.9 Å². The lowest BCUT2D eigenvalue weighted by molar-refractivity contribution is -0.415. The van der Waals surface area contributed by atoms with Crippen molar-refractivity contribution in [2.75, 3.05) is 20.8 Å². The van der Waals surface area contributed by atoms with E-state index in [1.54, 1.807) is 0 Å². The van der Waals surface area contributed by atoms with Crippen molar-refractivity contribution in [1.29, 1.82) is 0 Å². The fourth-order valence-electron chi connectivity index (χ4n) is 2.29. The van der Waals surface area contributed by atoms with Crippen LogP contribution >= 0.6 is 0 Å². The molecule has 0 unspecified atom stereocenters. The molecule has 0 bridgehead atoms. The Kier molecular flexibility index (Phi) is 6.92. The van der Waals surface area contributed by atoms with Gasteiger partial charge in [0.15, 0.2) is 6.10 Å². The summed E-state index contributed by atoms with van der Waals surface area (Å²) < 4.78 is 31.4. The molecule has 1 heterocycles. The van der Waals surface area contributed by atoms with Crippen molar-refractivity contribution < 1.29 is 42.8 Å². The molecule has 132 valence electrons. The molecule has 1 aliphatic heterocycles. The second kappa shape index (κ2) is 8.23. The molecule has 0 aromatic heterocycles. The van der Waals surface area contributed by atoms with Crippen LogP contribution in [-0.2, 0) is 42.8 Å². The Bertz CT molecular complexity index is 444. The molecule has 1 fully saturated rings. The molecule has 9 nitrogen and oxygen atoms in total. The number of carbonyl (C=O) groups is 3. The van der Waals surface area contributed by atoms with Crippen molar-refractivity contribution in [2.24, 2.45) is 0 Å². The molecule has 1 saturated heterocycles. The van der Waals surface area contributed by atoms with E-state index in [-0.39, 0.29) is 13.0 Å². The minimum absolute atomic E-state index is 0.0197. The summed E-state index contributed by atoms with van der Waals surface area (Å²) in [6.45, 7) is 3.44. The lowest BCUT2D eigenvalue weighted by Gasteiger charge is -2.44. The summed E-state index contributed by atoms with van der Waals surface area (Å²) in [7, 11) is 2.70. The predicted octanol–water partition coefficient (Wildman–Crippen LogP) is 0.148. The van der Waals surface area contributed by atoms with Crippen LogP contribution in [-0.4, -0.2) is 63.0 Å². The summed E-state index contributed by atoms with van der Waals surface area (Å²) in [5.74, 6) is -3.21. The Labute approximate surface area is 134 Å². The molecule has 0 aliphatic carbocycles. The zero-order valence-corrected chi connectivity index (χ0v) is 13.8. The molecule has 0 N–H and O–H groups in total. The molecule has 0 aromatic carbocycles. The van der Waals surface area contributed by atoms with Crippen LogP contribution in [0.4, 0.5) is 0 Å². The molecule has 1 aliphatic rings. The molecule has 3 atom stereocenters. The third kappa shape index (κ3) is 5.45. The minimum Gasteiger partial charge on any atom is -0.463 e. The third-order valence-corrected chi connectivity index (χ3v) is 3.21. The summed E-state index contributed by atoms with van der Waals surface area (Å²) in [4.78, 5) is 33.7. The lowest BCUT2D eigenvalue weighted by Crippen LogP contribution is -2.59. The molecule has 0 radical (unpaired) electrons. The van der Waals surface area contributed by atoms with E-state index in [1.165, 1.54) is 35.0 Å². The zero-order chi connectivity index (χ0) is 17.6. The van der Waals surface area contributed by atoms with Crippen molar-refractivity contribution in [3.05, 3.63) is 0 Å². The average Bonchev–Trinajstić information content (AvgIpc) is 2.46. The highest BCUT2D eigenvalue weighted by molar-refractivity contribution is 5.67. The SMILES string of the molecule is COC1(OC)C[C@@H](OC(C)=O)[C@H](OC(C)=O)[C@@H](COC(C)=O)O1. The Balaban J connectivity index is 3.07. The van der Waals surface area contributed by atoms with Crippen LogP contribution in [0.25, 0.3) is 0 Å². The summed E-state index contributed by atoms with van der Waals surface area (Å²) in [6.07, 6.45) is -2.80. The number of rotatable bonds is 6. The molecule has 23 heavy (non-hydrogen) atoms. The number of esters is 3. The summed E-state index contributed by atoms with van der Waals surface area (Å²) in [6, 6.07) is 0. The fourth-order valence-corrected chi connectivity index (χ4v) is 2.29. The average molecular weight is 334 g/mol. The van der Waals surface area contributed by atoms with Gasteiger partial charge in [-0.1, -0.05) is 0 Å².